The molecule has 0 radical (unpaired) electrons. The van der Waals surface area contributed by atoms with Gasteiger partial charge in [0.05, 0.1) is 25.9 Å². The molecule has 0 aliphatic carbocycles. The molecule has 6 heteroatoms. The maximum atomic E-state index is 11.0. The molecule has 1 atom stereocenters. The Kier molecular flexibility index (Phi) is 11.8. The van der Waals surface area contributed by atoms with Crippen molar-refractivity contribution in [1.29, 1.82) is 0 Å². The number of amides is 1. The molecule has 0 spiro atoms. The Morgan fingerprint density at radius 2 is 1.91 bits per heavy atom. The smallest absolute Gasteiger partial charge is 0.850 e. The number of carbonyl (C=O) groups is 1. The average molecular weight is 333 g/mol. The summed E-state index contributed by atoms with van der Waals surface area (Å²) in [6.07, 6.45) is 0. The van der Waals surface area contributed by atoms with E-state index in [9.17, 15) is 9.90 Å². The van der Waals surface area contributed by atoms with E-state index in [4.69, 9.17) is 9.47 Å². The average Bonchev–Trinajstić information content (AvgIpc) is 2.38. The van der Waals surface area contributed by atoms with E-state index in [0.717, 1.165) is 5.56 Å². The molecule has 5 nitrogen and oxygen atoms in total. The predicted molar refractivity (Wildman–Crippen MR) is 78.6 cm³/mol. The van der Waals surface area contributed by atoms with Crippen LogP contribution in [0.4, 0.5) is 0 Å². The van der Waals surface area contributed by atoms with E-state index in [1.807, 2.05) is 30.3 Å². The molecule has 1 fully saturated rings. The van der Waals surface area contributed by atoms with E-state index < -0.39 is 5.60 Å². The normalized spacial score (nSPS) is 17.6. The molecular formula is C16H24KNO4. The van der Waals surface area contributed by atoms with Crippen LogP contribution in [0.25, 0.3) is 0 Å². The van der Waals surface area contributed by atoms with Gasteiger partial charge in [-0.1, -0.05) is 51.1 Å². The molecule has 22 heavy (non-hydrogen) atoms. The Bertz CT molecular complexity index is 414. The van der Waals surface area contributed by atoms with Crippen molar-refractivity contribution in [3.05, 3.63) is 35.9 Å². The first kappa shape index (κ1) is 22.2. The number of carbonyl (C=O) groups excluding carboxylic acids is 1. The fraction of sp³-hybridized carbons (Fsp3) is 0.562. The molecule has 0 aromatic heterocycles. The maximum Gasteiger partial charge on any atom is 1.00 e. The summed E-state index contributed by atoms with van der Waals surface area (Å²) in [4.78, 5) is 11.0. The van der Waals surface area contributed by atoms with Crippen molar-refractivity contribution in [3.8, 4) is 0 Å². The van der Waals surface area contributed by atoms with Crippen molar-refractivity contribution in [2.75, 3.05) is 19.8 Å². The molecular weight excluding hydrogens is 309 g/mol. The van der Waals surface area contributed by atoms with Crippen LogP contribution in [0.2, 0.25) is 0 Å². The third-order valence-corrected chi connectivity index (χ3v) is 2.35. The molecule has 1 saturated heterocycles. The van der Waals surface area contributed by atoms with Crippen molar-refractivity contribution in [2.24, 2.45) is 0 Å². The third-order valence-electron chi connectivity index (χ3n) is 2.35. The molecule has 0 saturated carbocycles. The van der Waals surface area contributed by atoms with Crippen molar-refractivity contribution in [1.82, 2.24) is 5.32 Å². The topological polar surface area (TPSA) is 70.6 Å². The summed E-state index contributed by atoms with van der Waals surface area (Å²) in [6, 6.07) is 9.92. The minimum Gasteiger partial charge on any atom is -0.850 e. The quantitative estimate of drug-likeness (QED) is 0.639. The second-order valence-electron chi connectivity index (χ2n) is 5.89. The first-order chi connectivity index (χ1) is 9.84. The number of ether oxygens (including phenoxy) is 2. The van der Waals surface area contributed by atoms with Gasteiger partial charge in [0, 0.05) is 0 Å². The molecule has 2 rings (SSSR count). The summed E-state index contributed by atoms with van der Waals surface area (Å²) in [7, 11) is 0. The van der Waals surface area contributed by atoms with Gasteiger partial charge in [-0.15, -0.1) is 5.60 Å². The zero-order chi connectivity index (χ0) is 15.7. The van der Waals surface area contributed by atoms with Crippen molar-refractivity contribution >= 4 is 5.91 Å². The van der Waals surface area contributed by atoms with Crippen LogP contribution in [0.1, 0.15) is 26.3 Å². The fourth-order valence-corrected chi connectivity index (χ4v) is 1.59. The Morgan fingerprint density at radius 3 is 2.45 bits per heavy atom. The Morgan fingerprint density at radius 1 is 1.32 bits per heavy atom. The van der Waals surface area contributed by atoms with Gasteiger partial charge in [0.1, 0.15) is 6.61 Å². The van der Waals surface area contributed by atoms with E-state index in [1.54, 1.807) is 20.8 Å². The molecule has 0 unspecified atom stereocenters. The molecule has 1 amide bonds. The van der Waals surface area contributed by atoms with Gasteiger partial charge in [-0.25, -0.2) is 0 Å². The van der Waals surface area contributed by atoms with E-state index in [2.05, 4.69) is 5.32 Å². The Balaban J connectivity index is 0.000000644. The van der Waals surface area contributed by atoms with Crippen LogP contribution in [0.3, 0.4) is 0 Å². The van der Waals surface area contributed by atoms with Crippen LogP contribution in [0, 0.1) is 0 Å². The monoisotopic (exact) mass is 333 g/mol. The van der Waals surface area contributed by atoms with Gasteiger partial charge in [0.15, 0.2) is 0 Å². The predicted octanol–water partition coefficient (Wildman–Crippen LogP) is -2.13. The minimum absolute atomic E-state index is 0. The van der Waals surface area contributed by atoms with Gasteiger partial charge in [0.25, 0.3) is 0 Å². The summed E-state index contributed by atoms with van der Waals surface area (Å²) in [5.74, 6) is -0.0699. The Hall–Kier alpha value is 0.206. The van der Waals surface area contributed by atoms with Crippen LogP contribution < -0.4 is 61.8 Å². The molecule has 118 valence electrons. The number of hydrogen-bond donors (Lipinski definition) is 1. The standard InChI is InChI=1S/C12H15NO3.C4H9O.K/c14-12-9-16-8-11(13-12)7-15-6-10-4-2-1-3-5-10;1-4(2,3)5;/h1-5,11H,6-9H2,(H,13,14);1-3H3;/q;-1;+1/t11-;;/m0../s1. The molecule has 1 aromatic carbocycles. The van der Waals surface area contributed by atoms with Crippen LogP contribution in [0.5, 0.6) is 0 Å². The summed E-state index contributed by atoms with van der Waals surface area (Å²) in [5.41, 5.74) is 0.380. The van der Waals surface area contributed by atoms with Crippen molar-refractivity contribution in [3.63, 3.8) is 0 Å². The third kappa shape index (κ3) is 12.7. The van der Waals surface area contributed by atoms with Gasteiger partial charge in [0.2, 0.25) is 5.91 Å². The first-order valence-corrected chi connectivity index (χ1v) is 7.04. The van der Waals surface area contributed by atoms with Crippen molar-refractivity contribution < 1.29 is 70.8 Å². The van der Waals surface area contributed by atoms with E-state index >= 15 is 0 Å². The summed E-state index contributed by atoms with van der Waals surface area (Å²) < 4.78 is 10.6. The van der Waals surface area contributed by atoms with Gasteiger partial charge in [-0.2, -0.15) is 0 Å². The zero-order valence-electron chi connectivity index (χ0n) is 13.9. The van der Waals surface area contributed by atoms with Crippen LogP contribution in [-0.2, 0) is 20.9 Å². The van der Waals surface area contributed by atoms with Gasteiger partial charge in [-0.3, -0.25) is 4.79 Å². The van der Waals surface area contributed by atoms with E-state index in [1.165, 1.54) is 0 Å². The largest absolute Gasteiger partial charge is 1.00 e. The van der Waals surface area contributed by atoms with Crippen LogP contribution in [0.15, 0.2) is 30.3 Å². The fourth-order valence-electron chi connectivity index (χ4n) is 1.59. The summed E-state index contributed by atoms with van der Waals surface area (Å²) in [5, 5.41) is 12.9. The number of rotatable bonds is 4. The SMILES string of the molecule is CC(C)(C)[O-].O=C1COC[C@H](COCc2ccccc2)N1.[K+]. The van der Waals surface area contributed by atoms with Crippen molar-refractivity contribution in [2.45, 2.75) is 39.0 Å². The molecule has 1 heterocycles. The van der Waals surface area contributed by atoms with Gasteiger partial charge < -0.3 is 19.9 Å². The van der Waals surface area contributed by atoms with Crippen LogP contribution in [-0.4, -0.2) is 37.4 Å². The first-order valence-electron chi connectivity index (χ1n) is 7.04. The second kappa shape index (κ2) is 11.7. The molecule has 1 aromatic rings. The van der Waals surface area contributed by atoms with E-state index in [0.29, 0.717) is 19.8 Å². The molecule has 1 aliphatic heterocycles. The number of hydrogen-bond acceptors (Lipinski definition) is 4. The zero-order valence-corrected chi connectivity index (χ0v) is 17.0. The van der Waals surface area contributed by atoms with Gasteiger partial charge >= 0.3 is 51.4 Å². The summed E-state index contributed by atoms with van der Waals surface area (Å²) >= 11 is 0. The van der Waals surface area contributed by atoms with Gasteiger partial charge in [-0.05, 0) is 5.56 Å². The number of benzene rings is 1. The summed E-state index contributed by atoms with van der Waals surface area (Å²) in [6.45, 7) is 6.64. The molecule has 0 bridgehead atoms. The van der Waals surface area contributed by atoms with Crippen LogP contribution >= 0.6 is 0 Å². The molecule has 1 N–H and O–H groups in total. The number of morpholine rings is 1. The number of nitrogens with one attached hydrogen (secondary N) is 1. The van der Waals surface area contributed by atoms with E-state index in [-0.39, 0.29) is 69.9 Å². The minimum atomic E-state index is -0.750. The molecule has 1 aliphatic rings. The second-order valence-corrected chi connectivity index (χ2v) is 5.89. The Labute approximate surface area is 175 Å². The maximum absolute atomic E-state index is 11.0.